The monoisotopic (exact) mass is 2250 g/mol. The maximum absolute atomic E-state index is 13.4. The van der Waals surface area contributed by atoms with Crippen LogP contribution in [0.1, 0.15) is 119 Å². The number of Topliss-reactive ketones (excluding diaryl/α,β-unsaturated/α-hetero) is 1. The summed E-state index contributed by atoms with van der Waals surface area (Å²) in [7, 11) is 11.1. The number of ketones is 1. The van der Waals surface area contributed by atoms with Crippen molar-refractivity contribution >= 4 is 195 Å². The molecule has 0 spiro atoms. The summed E-state index contributed by atoms with van der Waals surface area (Å²) in [5, 5.41) is 39.9. The van der Waals surface area contributed by atoms with Crippen LogP contribution in [0.5, 0.6) is 51.7 Å². The predicted octanol–water partition coefficient (Wildman–Crippen LogP) is 16.5. The van der Waals surface area contributed by atoms with Crippen molar-refractivity contribution in [3.63, 3.8) is 0 Å². The van der Waals surface area contributed by atoms with E-state index in [1.165, 1.54) is 7.14 Å². The first-order valence-electron chi connectivity index (χ1n) is 38.1. The smallest absolute Gasteiger partial charge is 0.224 e. The van der Waals surface area contributed by atoms with E-state index in [4.69, 9.17) is 75.6 Å². The van der Waals surface area contributed by atoms with E-state index in [-0.39, 0.29) is 58.8 Å². The van der Waals surface area contributed by atoms with Gasteiger partial charge in [0.2, 0.25) is 23.0 Å². The molecule has 3 amide bonds. The predicted molar refractivity (Wildman–Crippen MR) is 520 cm³/mol. The molecule has 0 atom stereocenters. The molecule has 0 aliphatic heterocycles. The number of carbonyl (C=O) groups is 5. The Balaban J connectivity index is 0.000000597. The zero-order valence-corrected chi connectivity index (χ0v) is 83.6. The maximum atomic E-state index is 13.4. The van der Waals surface area contributed by atoms with Crippen molar-refractivity contribution in [3.05, 3.63) is 187 Å². The lowest BCUT2D eigenvalue weighted by atomic mass is 10.0. The largest absolute Gasteiger partial charge is 1.00 e. The molecule has 0 saturated carbocycles. The van der Waals surface area contributed by atoms with Crippen LogP contribution in [0.25, 0.3) is 0 Å². The normalized spacial score (nSPS) is 9.83. The summed E-state index contributed by atoms with van der Waals surface area (Å²) in [6.45, 7) is -0.147. The van der Waals surface area contributed by atoms with Crippen molar-refractivity contribution < 1.29 is 88.7 Å². The summed E-state index contributed by atoms with van der Waals surface area (Å²) in [4.78, 5) is 58.0. The number of alkyl halides is 4. The molecule has 8 aromatic carbocycles. The van der Waals surface area contributed by atoms with Crippen LogP contribution in [0.15, 0.2) is 158 Å². The first kappa shape index (κ1) is 110. The lowest BCUT2D eigenvalue weighted by molar-refractivity contribution is -0.119. The third-order valence-corrected chi connectivity index (χ3v) is 25.5. The Morgan fingerprint density at radius 1 is 0.418 bits per heavy atom. The number of benzene rings is 8. The molecule has 0 unspecified atom stereocenters. The standard InChI is InChI=1S/C42H47NO10P.C14H13BrN2O.C14H16BrNO2.C11H13BrINO.C6H6IN.C5H8BrClO.BrH/c1-45-31-22-34(48-4)40(35(23-31)49-5)54(41-36(50-6)24-32(46-2)25-37(41)51-7,42-38(52-8)26-33(47-3)27-39(42)53-9)20-11-10-14-30(44)21-29-17-15-28(16-18-29)13-12-19-43;15-10-2-1-5-14(18)17-13-8-6-12(7-9-13)4-3-11-16;15-10-2-1-5-14(18)16-13-8-6-12(7-9-13)4-3-11-17;12-8-2-1-3-11(15)14-10-6-4-9(13)5-7-10;7-5-1-3-6(8)4-2-5;6-4-2-1-3-5(7)8;/h15-18,22-27H,10-11,14,20-21H2,1-9H3;6-9H,1-2,5,10H2,(H,17,18);6-9,17H,1-2,5,10-11H2,(H,16,18);4-7H,1-3,8H2,(H,14,15);1-4H,8H2;1-4H2;1H/q+1;;;;;;/p-1. The molecule has 0 radical (unpaired) electrons. The highest BCUT2D eigenvalue weighted by Gasteiger charge is 2.57. The van der Waals surface area contributed by atoms with E-state index in [0.717, 1.165) is 128 Å². The second kappa shape index (κ2) is 65.3. The van der Waals surface area contributed by atoms with E-state index in [9.17, 15) is 24.0 Å². The van der Waals surface area contributed by atoms with Crippen molar-refractivity contribution in [1.29, 1.82) is 10.5 Å². The van der Waals surface area contributed by atoms with Gasteiger partial charge in [-0.25, -0.2) is 0 Å². The Morgan fingerprint density at radius 3 is 1.00 bits per heavy atom. The Morgan fingerprint density at radius 2 is 0.713 bits per heavy atom. The van der Waals surface area contributed by atoms with Crippen LogP contribution in [0.2, 0.25) is 0 Å². The number of aliphatic hydroxyl groups excluding tert-OH is 1. The summed E-state index contributed by atoms with van der Waals surface area (Å²) in [5.41, 5.74) is 11.8. The number of nitrogens with two attached hydrogens (primary N) is 1. The zero-order chi connectivity index (χ0) is 89.2. The van der Waals surface area contributed by atoms with E-state index in [1.807, 2.05) is 140 Å². The molecule has 6 N–H and O–H groups in total. The third kappa shape index (κ3) is 41.5. The van der Waals surface area contributed by atoms with Crippen LogP contribution in [0, 0.1) is 65.3 Å². The van der Waals surface area contributed by atoms with Crippen LogP contribution in [-0.4, -0.2) is 132 Å². The van der Waals surface area contributed by atoms with E-state index in [0.29, 0.717) is 108 Å². The molecule has 0 bridgehead atoms. The number of nitrogen functional groups attached to an aromatic ring is 1. The van der Waals surface area contributed by atoms with E-state index in [2.05, 4.69) is 160 Å². The number of anilines is 4. The SMILES string of the molecule is COc1cc(OC)c([P+](CCCCC(=O)Cc2ccc(C#CC#N)cc2)(c2c(OC)cc(OC)cc2OC)c2c(OC)cc(OC)cc2OC)c(OC)c1.N#CC#Cc1ccc(NC(=O)CCCCBr)cc1.Nc1ccc(I)cc1.O=C(CCCCBr)Nc1ccc(C#CCO)cc1.O=C(CCCCBr)Nc1ccc(I)cc1.O=C(Cl)CCCCBr.[Br-]. The molecule has 21 nitrogen and oxygen atoms in total. The molecular weight excluding hydrogens is 2150 g/mol. The average Bonchev–Trinajstić information content (AvgIpc) is 0.708. The summed E-state index contributed by atoms with van der Waals surface area (Å²) in [6, 6.07) is 51.7. The molecule has 122 heavy (non-hydrogen) atoms. The number of rotatable bonds is 38. The number of nitrogens with zero attached hydrogens (tertiary/aromatic N) is 2. The summed E-state index contributed by atoms with van der Waals surface area (Å²) in [6.07, 6.45) is 12.1. The molecule has 0 aromatic heterocycles. The highest BCUT2D eigenvalue weighted by Crippen LogP contribution is 2.67. The minimum absolute atomic E-state index is 0. The van der Waals surface area contributed by atoms with Crippen molar-refractivity contribution in [2.45, 2.75) is 103 Å². The first-order valence-corrected chi connectivity index (χ1v) is 47.1. The van der Waals surface area contributed by atoms with E-state index >= 15 is 0 Å². The average molecular weight is 2250 g/mol. The number of hydrogen-bond acceptors (Lipinski definition) is 18. The van der Waals surface area contributed by atoms with Gasteiger partial charge in [0.25, 0.3) is 0 Å². The van der Waals surface area contributed by atoms with Crippen LogP contribution >= 0.6 is 128 Å². The first-order chi connectivity index (χ1) is 58.5. The quantitative estimate of drug-likeness (QED) is 0.00457. The van der Waals surface area contributed by atoms with Gasteiger partial charge in [0.15, 0.2) is 62.5 Å². The number of unbranched alkanes of at least 4 members (excludes halogenated alkanes) is 5. The van der Waals surface area contributed by atoms with Gasteiger partial charge in [0, 0.05) is 155 Å². The number of halogens is 8. The number of nitrogens with one attached hydrogen (secondary N) is 3. The van der Waals surface area contributed by atoms with E-state index < -0.39 is 7.26 Å². The molecule has 8 rings (SSSR count). The van der Waals surface area contributed by atoms with E-state index in [1.54, 1.807) is 94.3 Å². The van der Waals surface area contributed by atoms with Crippen molar-refractivity contribution in [1.82, 2.24) is 0 Å². The molecule has 30 heteroatoms. The van der Waals surface area contributed by atoms with Crippen LogP contribution in [0.3, 0.4) is 0 Å². The van der Waals surface area contributed by atoms with Gasteiger partial charge in [0.05, 0.1) is 70.2 Å². The van der Waals surface area contributed by atoms with Gasteiger partial charge in [-0.05, 0) is 236 Å². The summed E-state index contributed by atoms with van der Waals surface area (Å²) >= 11 is 22.8. The summed E-state index contributed by atoms with van der Waals surface area (Å²) in [5.74, 6) is 20.4. The number of amides is 3. The minimum atomic E-state index is -3.17. The lowest BCUT2D eigenvalue weighted by Gasteiger charge is -2.33. The second-order valence-electron chi connectivity index (χ2n) is 25.5. The molecule has 0 saturated heterocycles. The van der Waals surface area contributed by atoms with Crippen LogP contribution < -0.4 is 97.2 Å². The van der Waals surface area contributed by atoms with Gasteiger partial charge < -0.3 is 86.4 Å². The zero-order valence-electron chi connectivity index (χ0n) is 69.7. The van der Waals surface area contributed by atoms with Gasteiger partial charge in [-0.3, -0.25) is 24.0 Å². The van der Waals surface area contributed by atoms with Crippen molar-refractivity contribution in [2.24, 2.45) is 0 Å². The molecule has 0 aliphatic rings. The maximum Gasteiger partial charge on any atom is 0.224 e. The Bertz CT molecular complexity index is 4550. The number of ether oxygens (including phenoxy) is 9. The molecule has 652 valence electrons. The summed E-state index contributed by atoms with van der Waals surface area (Å²) < 4.78 is 56.5. The number of methoxy groups -OCH3 is 9. The molecule has 0 fully saturated rings. The third-order valence-electron chi connectivity index (χ3n) is 17.1. The lowest BCUT2D eigenvalue weighted by Crippen LogP contribution is -3.00. The Hall–Kier alpha value is -8.29. The fraction of sp³-hybridized carbons (Fsp3) is 0.337. The van der Waals surface area contributed by atoms with Crippen molar-refractivity contribution in [2.75, 3.05) is 120 Å². The van der Waals surface area contributed by atoms with Crippen LogP contribution in [-0.2, 0) is 30.4 Å². The van der Waals surface area contributed by atoms with Crippen molar-refractivity contribution in [3.8, 4) is 99.4 Å². The second-order valence-corrected chi connectivity index (χ2v) is 35.0. The fourth-order valence-electron chi connectivity index (χ4n) is 11.2. The highest BCUT2D eigenvalue weighted by atomic mass is 127. The molecular formula is C92H103Br5ClI2N6O15P. The fourth-order valence-corrected chi connectivity index (χ4v) is 18.9. The highest BCUT2D eigenvalue weighted by molar-refractivity contribution is 14.1. The van der Waals surface area contributed by atoms with Gasteiger partial charge >= 0.3 is 0 Å². The van der Waals surface area contributed by atoms with Gasteiger partial charge in [-0.1, -0.05) is 99.5 Å². The molecule has 0 heterocycles. The topological polar surface area (TPSA) is 298 Å². The number of nitriles is 2. The Kier molecular flexibility index (Phi) is 58.8. The van der Waals surface area contributed by atoms with Gasteiger partial charge in [-0.15, -0.1) is 0 Å². The Labute approximate surface area is 795 Å². The van der Waals surface area contributed by atoms with Gasteiger partial charge in [-0.2, -0.15) is 10.5 Å². The number of hydrogen-bond donors (Lipinski definition) is 5. The van der Waals surface area contributed by atoms with Crippen LogP contribution in [0.4, 0.5) is 22.7 Å². The molecule has 0 aliphatic carbocycles. The number of aliphatic hydroxyl groups is 1. The minimum Gasteiger partial charge on any atom is -1.00 e. The van der Waals surface area contributed by atoms with Gasteiger partial charge in [0.1, 0.15) is 36.9 Å². The number of carbonyl (C=O) groups excluding carboxylic acids is 5. The molecule has 8 aromatic rings.